The summed E-state index contributed by atoms with van der Waals surface area (Å²) >= 11 is 0. The summed E-state index contributed by atoms with van der Waals surface area (Å²) in [5.74, 6) is 0. The standard InChI is InChI=1S/C16H18N2O4S/c1-10-7-12(3)16(13(4)8-10)17-23(21,22)15-9-14(18(19)20)6-5-11(15)2/h5-9,17H,1-4H3. The summed E-state index contributed by atoms with van der Waals surface area (Å²) in [7, 11) is -3.91. The number of benzene rings is 2. The normalized spacial score (nSPS) is 11.3. The molecule has 2 rings (SSSR count). The van der Waals surface area contributed by atoms with E-state index in [1.54, 1.807) is 6.92 Å². The van der Waals surface area contributed by atoms with E-state index in [1.165, 1.54) is 12.1 Å². The van der Waals surface area contributed by atoms with Crippen LogP contribution in [0.1, 0.15) is 22.3 Å². The van der Waals surface area contributed by atoms with Crippen LogP contribution in [0.5, 0.6) is 0 Å². The third-order valence-corrected chi connectivity index (χ3v) is 5.08. The summed E-state index contributed by atoms with van der Waals surface area (Å²) in [5, 5.41) is 10.9. The van der Waals surface area contributed by atoms with Crippen LogP contribution in [0.3, 0.4) is 0 Å². The molecular weight excluding hydrogens is 316 g/mol. The van der Waals surface area contributed by atoms with E-state index in [9.17, 15) is 18.5 Å². The lowest BCUT2D eigenvalue weighted by molar-refractivity contribution is -0.385. The van der Waals surface area contributed by atoms with Crippen molar-refractivity contribution in [1.29, 1.82) is 0 Å². The van der Waals surface area contributed by atoms with Gasteiger partial charge < -0.3 is 0 Å². The second-order valence-electron chi connectivity index (χ2n) is 5.59. The van der Waals surface area contributed by atoms with Gasteiger partial charge in [0.05, 0.1) is 15.5 Å². The second-order valence-corrected chi connectivity index (χ2v) is 7.24. The molecule has 0 spiro atoms. The summed E-state index contributed by atoms with van der Waals surface area (Å²) < 4.78 is 27.9. The molecule has 0 bridgehead atoms. The minimum absolute atomic E-state index is 0.0916. The highest BCUT2D eigenvalue weighted by molar-refractivity contribution is 7.92. The molecule has 0 aliphatic heterocycles. The van der Waals surface area contributed by atoms with Gasteiger partial charge in [0.1, 0.15) is 0 Å². The van der Waals surface area contributed by atoms with Crippen molar-refractivity contribution in [2.75, 3.05) is 4.72 Å². The van der Waals surface area contributed by atoms with Crippen molar-refractivity contribution in [3.05, 3.63) is 62.7 Å². The van der Waals surface area contributed by atoms with E-state index in [4.69, 9.17) is 0 Å². The minimum atomic E-state index is -3.91. The number of sulfonamides is 1. The third-order valence-electron chi connectivity index (χ3n) is 3.59. The Morgan fingerprint density at radius 2 is 1.52 bits per heavy atom. The molecule has 0 aliphatic carbocycles. The van der Waals surface area contributed by atoms with Crippen LogP contribution in [0.25, 0.3) is 0 Å². The van der Waals surface area contributed by atoms with E-state index in [-0.39, 0.29) is 10.6 Å². The van der Waals surface area contributed by atoms with Crippen LogP contribution < -0.4 is 4.72 Å². The van der Waals surface area contributed by atoms with Gasteiger partial charge in [0.2, 0.25) is 0 Å². The number of hydrogen-bond donors (Lipinski definition) is 1. The number of nitro benzene ring substituents is 1. The van der Waals surface area contributed by atoms with Gasteiger partial charge in [-0.25, -0.2) is 8.42 Å². The average Bonchev–Trinajstić information content (AvgIpc) is 2.42. The van der Waals surface area contributed by atoms with Crippen LogP contribution in [-0.2, 0) is 10.0 Å². The molecule has 7 heteroatoms. The summed E-state index contributed by atoms with van der Waals surface area (Å²) in [5.41, 5.74) is 3.33. The molecule has 0 heterocycles. The molecule has 1 N–H and O–H groups in total. The predicted molar refractivity (Wildman–Crippen MR) is 89.3 cm³/mol. The molecule has 0 aliphatic rings. The Bertz CT molecular complexity index is 866. The van der Waals surface area contributed by atoms with Gasteiger partial charge in [-0.3, -0.25) is 14.8 Å². The lowest BCUT2D eigenvalue weighted by atomic mass is 10.1. The number of nitro groups is 1. The fourth-order valence-electron chi connectivity index (χ4n) is 2.52. The molecule has 2 aromatic rings. The SMILES string of the molecule is Cc1cc(C)c(NS(=O)(=O)c2cc([N+](=O)[O-])ccc2C)c(C)c1. The number of anilines is 1. The highest BCUT2D eigenvalue weighted by atomic mass is 32.2. The number of aryl methyl sites for hydroxylation is 4. The summed E-state index contributed by atoms with van der Waals surface area (Å²) in [6.45, 7) is 7.17. The maximum absolute atomic E-state index is 12.7. The van der Waals surface area contributed by atoms with Crippen molar-refractivity contribution in [2.45, 2.75) is 32.6 Å². The van der Waals surface area contributed by atoms with Crippen molar-refractivity contribution in [2.24, 2.45) is 0 Å². The zero-order valence-electron chi connectivity index (χ0n) is 13.4. The Morgan fingerprint density at radius 3 is 2.04 bits per heavy atom. The van der Waals surface area contributed by atoms with Crippen LogP contribution in [0.2, 0.25) is 0 Å². The number of hydrogen-bond acceptors (Lipinski definition) is 4. The molecule has 122 valence electrons. The summed E-state index contributed by atoms with van der Waals surface area (Å²) in [4.78, 5) is 10.2. The molecule has 0 amide bonds. The number of rotatable bonds is 4. The molecule has 0 atom stereocenters. The van der Waals surface area contributed by atoms with Gasteiger partial charge in [0.25, 0.3) is 15.7 Å². The lowest BCUT2D eigenvalue weighted by Crippen LogP contribution is -2.16. The van der Waals surface area contributed by atoms with Gasteiger partial charge in [-0.2, -0.15) is 0 Å². The lowest BCUT2D eigenvalue weighted by Gasteiger charge is -2.15. The summed E-state index contributed by atoms with van der Waals surface area (Å²) in [6.07, 6.45) is 0. The first-order valence-corrected chi connectivity index (χ1v) is 8.46. The number of nitrogens with one attached hydrogen (secondary N) is 1. The third kappa shape index (κ3) is 3.50. The van der Waals surface area contributed by atoms with Crippen molar-refractivity contribution in [3.63, 3.8) is 0 Å². The Balaban J connectivity index is 2.52. The molecule has 0 aromatic heterocycles. The Labute approximate surface area is 135 Å². The van der Waals surface area contributed by atoms with Crippen LogP contribution in [0.4, 0.5) is 11.4 Å². The maximum Gasteiger partial charge on any atom is 0.270 e. The topological polar surface area (TPSA) is 89.3 Å². The largest absolute Gasteiger partial charge is 0.279 e. The van der Waals surface area contributed by atoms with Crippen molar-refractivity contribution in [1.82, 2.24) is 0 Å². The first kappa shape index (κ1) is 17.0. The van der Waals surface area contributed by atoms with Crippen LogP contribution in [0.15, 0.2) is 35.2 Å². The average molecular weight is 334 g/mol. The van der Waals surface area contributed by atoms with E-state index in [1.807, 2.05) is 32.9 Å². The van der Waals surface area contributed by atoms with E-state index in [0.29, 0.717) is 11.3 Å². The molecule has 0 fully saturated rings. The molecular formula is C16H18N2O4S. The van der Waals surface area contributed by atoms with Gasteiger partial charge >= 0.3 is 0 Å². The van der Waals surface area contributed by atoms with Crippen molar-refractivity contribution in [3.8, 4) is 0 Å². The Morgan fingerprint density at radius 1 is 0.957 bits per heavy atom. The van der Waals surface area contributed by atoms with Gasteiger partial charge in [-0.05, 0) is 44.4 Å². The molecule has 6 nitrogen and oxygen atoms in total. The van der Waals surface area contributed by atoms with E-state index in [0.717, 1.165) is 22.8 Å². The van der Waals surface area contributed by atoms with Crippen molar-refractivity contribution < 1.29 is 13.3 Å². The molecule has 0 radical (unpaired) electrons. The smallest absolute Gasteiger partial charge is 0.270 e. The molecule has 2 aromatic carbocycles. The quantitative estimate of drug-likeness (QED) is 0.683. The van der Waals surface area contributed by atoms with Crippen LogP contribution in [-0.4, -0.2) is 13.3 Å². The van der Waals surface area contributed by atoms with Crippen LogP contribution in [0, 0.1) is 37.8 Å². The van der Waals surface area contributed by atoms with Crippen molar-refractivity contribution >= 4 is 21.4 Å². The fourth-order valence-corrected chi connectivity index (χ4v) is 3.99. The van der Waals surface area contributed by atoms with Crippen LogP contribution >= 0.6 is 0 Å². The second kappa shape index (κ2) is 6.00. The van der Waals surface area contributed by atoms with Gasteiger partial charge in [0.15, 0.2) is 0 Å². The molecule has 23 heavy (non-hydrogen) atoms. The molecule has 0 saturated carbocycles. The van der Waals surface area contributed by atoms with E-state index in [2.05, 4.69) is 4.72 Å². The van der Waals surface area contributed by atoms with Gasteiger partial charge in [0, 0.05) is 12.1 Å². The first-order chi connectivity index (χ1) is 10.6. The zero-order chi connectivity index (χ0) is 17.4. The number of non-ortho nitro benzene ring substituents is 1. The first-order valence-electron chi connectivity index (χ1n) is 6.97. The Hall–Kier alpha value is -2.41. The monoisotopic (exact) mass is 334 g/mol. The fraction of sp³-hybridized carbons (Fsp3) is 0.250. The van der Waals surface area contributed by atoms with E-state index < -0.39 is 14.9 Å². The summed E-state index contributed by atoms with van der Waals surface area (Å²) in [6, 6.07) is 7.56. The predicted octanol–water partition coefficient (Wildman–Crippen LogP) is 3.63. The van der Waals surface area contributed by atoms with Gasteiger partial charge in [-0.1, -0.05) is 23.8 Å². The number of nitrogens with zero attached hydrogens (tertiary/aromatic N) is 1. The highest BCUT2D eigenvalue weighted by Crippen LogP contribution is 2.28. The minimum Gasteiger partial charge on any atom is -0.279 e. The maximum atomic E-state index is 12.7. The van der Waals surface area contributed by atoms with Gasteiger partial charge in [-0.15, -0.1) is 0 Å². The molecule has 0 unspecified atom stereocenters. The Kier molecular flexibility index (Phi) is 4.42. The highest BCUT2D eigenvalue weighted by Gasteiger charge is 2.22. The molecule has 0 saturated heterocycles. The van der Waals surface area contributed by atoms with E-state index >= 15 is 0 Å². The zero-order valence-corrected chi connectivity index (χ0v) is 14.2.